The molecular formula is C21H23N3O4. The molecule has 0 amide bonds. The van der Waals surface area contributed by atoms with Crippen LogP contribution in [0.2, 0.25) is 0 Å². The van der Waals surface area contributed by atoms with Crippen LogP contribution in [0.4, 0.5) is 5.82 Å². The lowest BCUT2D eigenvalue weighted by Gasteiger charge is -2.31. The number of aliphatic hydroxyl groups excluding tert-OH is 1. The average molecular weight is 381 g/mol. The van der Waals surface area contributed by atoms with Gasteiger partial charge in [0, 0.05) is 30.1 Å². The normalized spacial score (nSPS) is 13.3. The summed E-state index contributed by atoms with van der Waals surface area (Å²) >= 11 is 0. The molecule has 146 valence electrons. The maximum Gasteiger partial charge on any atom is 0.162 e. The minimum absolute atomic E-state index is 0.00795. The summed E-state index contributed by atoms with van der Waals surface area (Å²) in [7, 11) is 3.24. The molecule has 2 heterocycles. The highest BCUT2D eigenvalue weighted by Crippen LogP contribution is 2.37. The highest BCUT2D eigenvalue weighted by atomic mass is 16.5. The molecule has 0 unspecified atom stereocenters. The zero-order valence-electron chi connectivity index (χ0n) is 16.0. The highest BCUT2D eigenvalue weighted by Gasteiger charge is 2.22. The third kappa shape index (κ3) is 3.29. The van der Waals surface area contributed by atoms with Crippen LogP contribution in [0.3, 0.4) is 0 Å². The number of aliphatic hydroxyl groups is 1. The van der Waals surface area contributed by atoms with Crippen molar-refractivity contribution >= 4 is 16.7 Å². The first kappa shape index (κ1) is 18.3. The predicted molar refractivity (Wildman–Crippen MR) is 106 cm³/mol. The van der Waals surface area contributed by atoms with Gasteiger partial charge in [0.25, 0.3) is 0 Å². The Balaban J connectivity index is 1.70. The molecule has 7 heteroatoms. The molecule has 0 fully saturated rings. The molecule has 1 aliphatic heterocycles. The number of hydrogen-bond acceptors (Lipinski definition) is 7. The first-order chi connectivity index (χ1) is 13.7. The Morgan fingerprint density at radius 1 is 1.07 bits per heavy atom. The third-order valence-electron chi connectivity index (χ3n) is 4.99. The first-order valence-electron chi connectivity index (χ1n) is 9.21. The fourth-order valence-corrected chi connectivity index (χ4v) is 3.67. The van der Waals surface area contributed by atoms with Gasteiger partial charge in [-0.3, -0.25) is 0 Å². The Morgan fingerprint density at radius 2 is 1.89 bits per heavy atom. The predicted octanol–water partition coefficient (Wildman–Crippen LogP) is 2.58. The lowest BCUT2D eigenvalue weighted by molar-refractivity contribution is 0.200. The Kier molecular flexibility index (Phi) is 5.16. The van der Waals surface area contributed by atoms with E-state index in [9.17, 15) is 0 Å². The molecule has 2 aromatic carbocycles. The number of anilines is 1. The summed E-state index contributed by atoms with van der Waals surface area (Å²) < 4.78 is 16.5. The summed E-state index contributed by atoms with van der Waals surface area (Å²) in [5, 5.41) is 9.96. The van der Waals surface area contributed by atoms with Gasteiger partial charge in [-0.2, -0.15) is 0 Å². The van der Waals surface area contributed by atoms with Crippen LogP contribution in [0.5, 0.6) is 17.2 Å². The molecular weight excluding hydrogens is 358 g/mol. The molecule has 0 saturated heterocycles. The highest BCUT2D eigenvalue weighted by molar-refractivity contribution is 5.92. The van der Waals surface area contributed by atoms with Crippen LogP contribution in [0.15, 0.2) is 36.7 Å². The van der Waals surface area contributed by atoms with Crippen molar-refractivity contribution in [3.05, 3.63) is 47.8 Å². The number of nitrogens with zero attached hydrogens (tertiary/aromatic N) is 3. The number of rotatable bonds is 6. The van der Waals surface area contributed by atoms with Crippen LogP contribution < -0.4 is 19.1 Å². The van der Waals surface area contributed by atoms with Crippen LogP contribution in [-0.4, -0.2) is 49.1 Å². The molecule has 0 spiro atoms. The molecule has 1 aromatic heterocycles. The zero-order valence-corrected chi connectivity index (χ0v) is 16.0. The molecule has 3 aromatic rings. The topological polar surface area (TPSA) is 76.9 Å². The van der Waals surface area contributed by atoms with Gasteiger partial charge in [-0.15, -0.1) is 0 Å². The van der Waals surface area contributed by atoms with Crippen molar-refractivity contribution in [1.29, 1.82) is 0 Å². The van der Waals surface area contributed by atoms with Crippen LogP contribution in [0.1, 0.15) is 11.1 Å². The SMILES string of the molecule is COc1cc2ncnc(N3CCc4c(cccc4OCCO)C3)c2cc1OC. The van der Waals surface area contributed by atoms with E-state index in [2.05, 4.69) is 20.9 Å². The number of fused-ring (bicyclic) bond motifs is 2. The standard InChI is InChI=1S/C21H23N3O4/c1-26-19-10-16-17(11-20(19)27-2)22-13-23-21(16)24-7-6-15-14(12-24)4-3-5-18(15)28-9-8-25/h3-5,10-11,13,25H,6-9,12H2,1-2H3. The second-order valence-electron chi connectivity index (χ2n) is 6.56. The number of ether oxygens (including phenoxy) is 3. The maximum atomic E-state index is 9.04. The van der Waals surface area contributed by atoms with Crippen molar-refractivity contribution in [1.82, 2.24) is 9.97 Å². The third-order valence-corrected chi connectivity index (χ3v) is 4.99. The molecule has 4 rings (SSSR count). The fourth-order valence-electron chi connectivity index (χ4n) is 3.67. The van der Waals surface area contributed by atoms with E-state index in [0.717, 1.165) is 42.0 Å². The van der Waals surface area contributed by atoms with Gasteiger partial charge in [0.15, 0.2) is 11.5 Å². The van der Waals surface area contributed by atoms with Gasteiger partial charge in [0.2, 0.25) is 0 Å². The zero-order chi connectivity index (χ0) is 19.5. The molecule has 7 nitrogen and oxygen atoms in total. The quantitative estimate of drug-likeness (QED) is 0.703. The Hall–Kier alpha value is -3.06. The van der Waals surface area contributed by atoms with Gasteiger partial charge in [-0.1, -0.05) is 12.1 Å². The molecule has 0 radical (unpaired) electrons. The number of hydrogen-bond donors (Lipinski definition) is 1. The van der Waals surface area contributed by atoms with Crippen LogP contribution in [0, 0.1) is 0 Å². The van der Waals surface area contributed by atoms with E-state index < -0.39 is 0 Å². The van der Waals surface area contributed by atoms with E-state index in [4.69, 9.17) is 19.3 Å². The van der Waals surface area contributed by atoms with E-state index in [-0.39, 0.29) is 6.61 Å². The molecule has 0 bridgehead atoms. The molecule has 1 aliphatic rings. The van der Waals surface area contributed by atoms with Crippen LogP contribution in [0.25, 0.3) is 10.9 Å². The second-order valence-corrected chi connectivity index (χ2v) is 6.56. The van der Waals surface area contributed by atoms with Gasteiger partial charge in [-0.05, 0) is 24.1 Å². The van der Waals surface area contributed by atoms with Crippen molar-refractivity contribution in [2.75, 3.05) is 38.9 Å². The van der Waals surface area contributed by atoms with Crippen molar-refractivity contribution < 1.29 is 19.3 Å². The van der Waals surface area contributed by atoms with Gasteiger partial charge in [0.1, 0.15) is 24.5 Å². The Bertz CT molecular complexity index is 993. The van der Waals surface area contributed by atoms with Gasteiger partial charge < -0.3 is 24.2 Å². The molecule has 0 aliphatic carbocycles. The van der Waals surface area contributed by atoms with Gasteiger partial charge in [0.05, 0.1) is 26.3 Å². The minimum Gasteiger partial charge on any atom is -0.493 e. The number of aromatic nitrogens is 2. The van der Waals surface area contributed by atoms with Crippen molar-refractivity contribution in [3.8, 4) is 17.2 Å². The summed E-state index contributed by atoms with van der Waals surface area (Å²) in [5.41, 5.74) is 3.22. The average Bonchev–Trinajstić information content (AvgIpc) is 2.75. The van der Waals surface area contributed by atoms with Crippen molar-refractivity contribution in [2.45, 2.75) is 13.0 Å². The number of methoxy groups -OCH3 is 2. The molecule has 0 atom stereocenters. The Labute approximate surface area is 163 Å². The van der Waals surface area contributed by atoms with E-state index in [1.165, 1.54) is 11.1 Å². The van der Waals surface area contributed by atoms with Crippen LogP contribution >= 0.6 is 0 Å². The number of benzene rings is 2. The molecule has 28 heavy (non-hydrogen) atoms. The molecule has 0 saturated carbocycles. The smallest absolute Gasteiger partial charge is 0.162 e. The fraction of sp³-hybridized carbons (Fsp3) is 0.333. The van der Waals surface area contributed by atoms with E-state index in [1.54, 1.807) is 20.5 Å². The summed E-state index contributed by atoms with van der Waals surface area (Å²) in [5.74, 6) is 3.03. The summed E-state index contributed by atoms with van der Waals surface area (Å²) in [6.45, 7) is 1.85. The lowest BCUT2D eigenvalue weighted by Crippen LogP contribution is -2.31. The first-order valence-corrected chi connectivity index (χ1v) is 9.21. The Morgan fingerprint density at radius 3 is 2.68 bits per heavy atom. The van der Waals surface area contributed by atoms with E-state index in [0.29, 0.717) is 18.1 Å². The maximum absolute atomic E-state index is 9.04. The molecule has 1 N–H and O–H groups in total. The van der Waals surface area contributed by atoms with Gasteiger partial charge in [-0.25, -0.2) is 9.97 Å². The van der Waals surface area contributed by atoms with Gasteiger partial charge >= 0.3 is 0 Å². The summed E-state index contributed by atoms with van der Waals surface area (Å²) in [6.07, 6.45) is 2.43. The summed E-state index contributed by atoms with van der Waals surface area (Å²) in [4.78, 5) is 11.2. The largest absolute Gasteiger partial charge is 0.493 e. The summed E-state index contributed by atoms with van der Waals surface area (Å²) in [6, 6.07) is 9.86. The van der Waals surface area contributed by atoms with Crippen molar-refractivity contribution in [2.24, 2.45) is 0 Å². The van der Waals surface area contributed by atoms with E-state index >= 15 is 0 Å². The minimum atomic E-state index is 0.00795. The monoisotopic (exact) mass is 381 g/mol. The van der Waals surface area contributed by atoms with Crippen molar-refractivity contribution in [3.63, 3.8) is 0 Å². The second kappa shape index (κ2) is 7.90. The van der Waals surface area contributed by atoms with E-state index in [1.807, 2.05) is 24.3 Å². The van der Waals surface area contributed by atoms with Crippen LogP contribution in [-0.2, 0) is 13.0 Å². The lowest BCUT2D eigenvalue weighted by atomic mass is 9.98.